The van der Waals surface area contributed by atoms with Crippen molar-refractivity contribution in [3.63, 3.8) is 0 Å². The van der Waals surface area contributed by atoms with Crippen molar-refractivity contribution < 1.29 is 9.53 Å². The van der Waals surface area contributed by atoms with Gasteiger partial charge in [-0.15, -0.1) is 5.10 Å². The molecule has 3 aromatic heterocycles. The van der Waals surface area contributed by atoms with Crippen LogP contribution >= 0.6 is 0 Å². The number of likely N-dealkylation sites (tertiary alicyclic amines) is 1. The van der Waals surface area contributed by atoms with E-state index in [-0.39, 0.29) is 12.1 Å². The number of hydrogen-bond acceptors (Lipinski definition) is 5. The van der Waals surface area contributed by atoms with Gasteiger partial charge in [0.25, 0.3) is 0 Å². The second-order valence-electron chi connectivity index (χ2n) is 7.30. The Morgan fingerprint density at radius 2 is 2.04 bits per heavy atom. The average molecular weight is 381 g/mol. The lowest BCUT2D eigenvalue weighted by atomic mass is 10.1. The van der Waals surface area contributed by atoms with Gasteiger partial charge in [0.15, 0.2) is 0 Å². The van der Waals surface area contributed by atoms with E-state index < -0.39 is 0 Å². The number of hydrogen-bond donors (Lipinski definition) is 0. The number of aromatic nitrogens is 5. The fourth-order valence-corrected chi connectivity index (χ4v) is 4.18. The Kier molecular flexibility index (Phi) is 4.23. The molecule has 0 spiro atoms. The SMILES string of the molecule is Cn1nccc1-c1ccc2c(C3CCCN3C(=O)N3CCOCC3)nnn2c1. The van der Waals surface area contributed by atoms with Crippen LogP contribution in [-0.4, -0.2) is 73.3 Å². The quantitative estimate of drug-likeness (QED) is 0.675. The van der Waals surface area contributed by atoms with Gasteiger partial charge in [-0.3, -0.25) is 4.68 Å². The molecule has 0 N–H and O–H groups in total. The summed E-state index contributed by atoms with van der Waals surface area (Å²) in [5, 5.41) is 13.0. The number of pyridine rings is 1. The molecular formula is C19H23N7O2. The van der Waals surface area contributed by atoms with E-state index in [0.717, 1.165) is 41.9 Å². The zero-order chi connectivity index (χ0) is 19.1. The number of carbonyl (C=O) groups excluding carboxylic acids is 1. The van der Waals surface area contributed by atoms with Crippen LogP contribution in [0.1, 0.15) is 24.6 Å². The maximum Gasteiger partial charge on any atom is 0.320 e. The van der Waals surface area contributed by atoms with Crippen molar-refractivity contribution in [3.8, 4) is 11.3 Å². The van der Waals surface area contributed by atoms with Gasteiger partial charge in [0, 0.05) is 44.6 Å². The van der Waals surface area contributed by atoms with Gasteiger partial charge in [0.05, 0.1) is 30.5 Å². The predicted molar refractivity (Wildman–Crippen MR) is 102 cm³/mol. The fourth-order valence-electron chi connectivity index (χ4n) is 4.18. The highest BCUT2D eigenvalue weighted by Crippen LogP contribution is 2.34. The third-order valence-electron chi connectivity index (χ3n) is 5.65. The Hall–Kier alpha value is -2.94. The van der Waals surface area contributed by atoms with Crippen LogP contribution in [-0.2, 0) is 11.8 Å². The van der Waals surface area contributed by atoms with Gasteiger partial charge in [-0.1, -0.05) is 5.21 Å². The third-order valence-corrected chi connectivity index (χ3v) is 5.65. The highest BCUT2D eigenvalue weighted by atomic mass is 16.5. The molecule has 2 aliphatic heterocycles. The fraction of sp³-hybridized carbons (Fsp3) is 0.474. The summed E-state index contributed by atoms with van der Waals surface area (Å²) in [6, 6.07) is 6.11. The molecule has 0 radical (unpaired) electrons. The van der Waals surface area contributed by atoms with Crippen LogP contribution in [0.5, 0.6) is 0 Å². The Labute approximate surface area is 162 Å². The normalized spacial score (nSPS) is 20.2. The molecule has 9 nitrogen and oxygen atoms in total. The molecule has 28 heavy (non-hydrogen) atoms. The van der Waals surface area contributed by atoms with Gasteiger partial charge in [-0.2, -0.15) is 5.10 Å². The van der Waals surface area contributed by atoms with Gasteiger partial charge in [0.2, 0.25) is 0 Å². The number of carbonyl (C=O) groups is 1. The van der Waals surface area contributed by atoms with Crippen molar-refractivity contribution in [1.29, 1.82) is 0 Å². The van der Waals surface area contributed by atoms with Gasteiger partial charge >= 0.3 is 6.03 Å². The van der Waals surface area contributed by atoms with E-state index in [1.54, 1.807) is 10.7 Å². The van der Waals surface area contributed by atoms with Crippen LogP contribution < -0.4 is 0 Å². The summed E-state index contributed by atoms with van der Waals surface area (Å²) in [7, 11) is 1.92. The second-order valence-corrected chi connectivity index (χ2v) is 7.30. The minimum absolute atomic E-state index is 0.0320. The molecule has 0 bridgehead atoms. The zero-order valence-corrected chi connectivity index (χ0v) is 15.9. The minimum Gasteiger partial charge on any atom is -0.378 e. The van der Waals surface area contributed by atoms with Crippen molar-refractivity contribution in [2.75, 3.05) is 32.8 Å². The Morgan fingerprint density at radius 1 is 1.18 bits per heavy atom. The van der Waals surface area contributed by atoms with Crippen molar-refractivity contribution in [1.82, 2.24) is 34.4 Å². The maximum atomic E-state index is 13.0. The van der Waals surface area contributed by atoms with E-state index in [9.17, 15) is 4.79 Å². The molecule has 0 aliphatic carbocycles. The average Bonchev–Trinajstić information content (AvgIpc) is 3.46. The zero-order valence-electron chi connectivity index (χ0n) is 15.9. The number of nitrogens with zero attached hydrogens (tertiary/aromatic N) is 7. The van der Waals surface area contributed by atoms with Crippen LogP contribution in [0, 0.1) is 0 Å². The Bertz CT molecular complexity index is 1000. The van der Waals surface area contributed by atoms with E-state index in [2.05, 4.69) is 21.5 Å². The first kappa shape index (κ1) is 17.2. The van der Waals surface area contributed by atoms with E-state index in [1.165, 1.54) is 0 Å². The smallest absolute Gasteiger partial charge is 0.320 e. The van der Waals surface area contributed by atoms with E-state index in [0.29, 0.717) is 26.3 Å². The van der Waals surface area contributed by atoms with Gasteiger partial charge in [-0.05, 0) is 31.0 Å². The molecule has 5 rings (SSSR count). The molecule has 9 heteroatoms. The third kappa shape index (κ3) is 2.82. The first-order valence-electron chi connectivity index (χ1n) is 9.69. The van der Waals surface area contributed by atoms with Crippen LogP contribution in [0.2, 0.25) is 0 Å². The molecule has 146 valence electrons. The minimum atomic E-state index is -0.0320. The number of aryl methyl sites for hydroxylation is 1. The van der Waals surface area contributed by atoms with Crippen LogP contribution in [0.25, 0.3) is 16.8 Å². The summed E-state index contributed by atoms with van der Waals surface area (Å²) < 4.78 is 9.01. The lowest BCUT2D eigenvalue weighted by Gasteiger charge is -2.33. The number of amides is 2. The molecule has 1 unspecified atom stereocenters. The lowest BCUT2D eigenvalue weighted by Crippen LogP contribution is -2.47. The Balaban J connectivity index is 1.45. The summed E-state index contributed by atoms with van der Waals surface area (Å²) in [6.07, 6.45) is 5.63. The molecule has 2 aliphatic rings. The molecule has 3 aromatic rings. The second kappa shape index (κ2) is 6.90. The molecule has 0 aromatic carbocycles. The molecular weight excluding hydrogens is 358 g/mol. The number of morpholine rings is 1. The summed E-state index contributed by atoms with van der Waals surface area (Å²) in [6.45, 7) is 3.27. The first-order chi connectivity index (χ1) is 13.7. The monoisotopic (exact) mass is 381 g/mol. The van der Waals surface area contributed by atoms with Gasteiger partial charge in [-0.25, -0.2) is 9.31 Å². The van der Waals surface area contributed by atoms with E-state index in [4.69, 9.17) is 4.74 Å². The number of rotatable bonds is 2. The highest BCUT2D eigenvalue weighted by molar-refractivity contribution is 5.76. The summed E-state index contributed by atoms with van der Waals surface area (Å²) in [5.41, 5.74) is 3.86. The standard InChI is InChI=1S/C19H23N7O2/c1-23-15(6-7-20-23)14-4-5-17-18(21-22-26(17)13-14)16-3-2-8-25(16)19(27)24-9-11-28-12-10-24/h4-7,13,16H,2-3,8-12H2,1H3. The molecule has 2 fully saturated rings. The largest absolute Gasteiger partial charge is 0.378 e. The van der Waals surface area contributed by atoms with Crippen LogP contribution in [0.15, 0.2) is 30.6 Å². The van der Waals surface area contributed by atoms with Gasteiger partial charge in [0.1, 0.15) is 5.69 Å². The predicted octanol–water partition coefficient (Wildman–Crippen LogP) is 1.72. The van der Waals surface area contributed by atoms with Crippen molar-refractivity contribution in [2.45, 2.75) is 18.9 Å². The molecule has 2 amide bonds. The molecule has 0 saturated carbocycles. The lowest BCUT2D eigenvalue weighted by molar-refractivity contribution is 0.0421. The van der Waals surface area contributed by atoms with E-state index >= 15 is 0 Å². The number of urea groups is 1. The topological polar surface area (TPSA) is 80.8 Å². The summed E-state index contributed by atoms with van der Waals surface area (Å²) in [4.78, 5) is 16.9. The van der Waals surface area contributed by atoms with Crippen LogP contribution in [0.3, 0.4) is 0 Å². The summed E-state index contributed by atoms with van der Waals surface area (Å²) in [5.74, 6) is 0. The number of ether oxygens (including phenoxy) is 1. The highest BCUT2D eigenvalue weighted by Gasteiger charge is 2.35. The van der Waals surface area contributed by atoms with Crippen molar-refractivity contribution in [2.24, 2.45) is 7.05 Å². The molecule has 2 saturated heterocycles. The maximum absolute atomic E-state index is 13.0. The van der Waals surface area contributed by atoms with E-state index in [1.807, 2.05) is 39.9 Å². The van der Waals surface area contributed by atoms with Crippen LogP contribution in [0.4, 0.5) is 4.79 Å². The summed E-state index contributed by atoms with van der Waals surface area (Å²) >= 11 is 0. The van der Waals surface area contributed by atoms with Crippen molar-refractivity contribution in [3.05, 3.63) is 36.3 Å². The van der Waals surface area contributed by atoms with Gasteiger partial charge < -0.3 is 14.5 Å². The Morgan fingerprint density at radius 3 is 2.82 bits per heavy atom. The molecule has 1 atom stereocenters. The van der Waals surface area contributed by atoms with Crippen molar-refractivity contribution >= 4 is 11.5 Å². The molecule has 5 heterocycles. The first-order valence-corrected chi connectivity index (χ1v) is 9.69. The number of fused-ring (bicyclic) bond motifs is 1.